The van der Waals surface area contributed by atoms with E-state index in [4.69, 9.17) is 14.9 Å². The predicted octanol–water partition coefficient (Wildman–Crippen LogP) is 5.21. The molecule has 1 heterocycles. The van der Waals surface area contributed by atoms with Gasteiger partial charge in [0.05, 0.1) is 6.61 Å². The second kappa shape index (κ2) is 16.6. The smallest absolute Gasteiger partial charge is 0.359 e. The zero-order valence-corrected chi connectivity index (χ0v) is 19.9. The van der Waals surface area contributed by atoms with Gasteiger partial charge in [-0.25, -0.2) is 29.1 Å². The molecule has 0 aliphatic heterocycles. The number of aromatic nitrogens is 2. The first kappa shape index (κ1) is 29.0. The number of nitrogens with zero attached hydrogens (tertiary/aromatic N) is 2. The van der Waals surface area contributed by atoms with Crippen LogP contribution in [0.2, 0.25) is 0 Å². The van der Waals surface area contributed by atoms with Gasteiger partial charge in [0.15, 0.2) is 22.8 Å². The van der Waals surface area contributed by atoms with Crippen LogP contribution in [0, 0.1) is 0 Å². The molecule has 3 N–H and O–H groups in total. The number of esters is 1. The van der Waals surface area contributed by atoms with Crippen molar-refractivity contribution in [2.24, 2.45) is 0 Å². The Morgan fingerprint density at radius 1 is 0.559 bits per heavy atom. The molecule has 0 radical (unpaired) electrons. The Morgan fingerprint density at radius 2 is 0.882 bits per heavy atom. The lowest BCUT2D eigenvalue weighted by Gasteiger charge is -2.09. The Bertz CT molecular complexity index is 825. The largest absolute Gasteiger partial charge is 0.476 e. The maximum Gasteiger partial charge on any atom is 0.359 e. The molecule has 0 atom stereocenters. The summed E-state index contributed by atoms with van der Waals surface area (Å²) in [6.45, 7) is 2.24. The third-order valence-electron chi connectivity index (χ3n) is 5.43. The summed E-state index contributed by atoms with van der Waals surface area (Å²) in [5, 5.41) is 27.3. The second-order valence-electron chi connectivity index (χ2n) is 8.27. The van der Waals surface area contributed by atoms with Gasteiger partial charge in [-0.15, -0.1) is 0 Å². The van der Waals surface area contributed by atoms with E-state index in [1.54, 1.807) is 0 Å². The van der Waals surface area contributed by atoms with Gasteiger partial charge >= 0.3 is 23.9 Å². The Hall–Kier alpha value is -3.04. The minimum Gasteiger partial charge on any atom is -0.476 e. The van der Waals surface area contributed by atoms with E-state index in [2.05, 4.69) is 16.9 Å². The molecule has 34 heavy (non-hydrogen) atoms. The van der Waals surface area contributed by atoms with E-state index < -0.39 is 46.7 Å². The molecule has 0 aliphatic carbocycles. The summed E-state index contributed by atoms with van der Waals surface area (Å²) in [6.07, 6.45) is 16.4. The molecule has 10 heteroatoms. The first-order chi connectivity index (χ1) is 16.3. The number of carboxylic acid groups (broad SMARTS) is 3. The monoisotopic (exact) mass is 480 g/mol. The van der Waals surface area contributed by atoms with Crippen molar-refractivity contribution in [3.63, 3.8) is 0 Å². The molecule has 0 saturated carbocycles. The summed E-state index contributed by atoms with van der Waals surface area (Å²) in [5.74, 6) is -6.38. The van der Waals surface area contributed by atoms with E-state index in [1.165, 1.54) is 64.2 Å². The lowest BCUT2D eigenvalue weighted by atomic mass is 10.0. The number of carbonyl (C=O) groups is 4. The second-order valence-corrected chi connectivity index (χ2v) is 8.27. The molecule has 1 aromatic rings. The van der Waals surface area contributed by atoms with E-state index in [1.807, 2.05) is 0 Å². The highest BCUT2D eigenvalue weighted by Gasteiger charge is 2.29. The van der Waals surface area contributed by atoms with Crippen molar-refractivity contribution in [1.29, 1.82) is 0 Å². The standard InChI is InChI=1S/C24H36N2O8/c1-2-3-4-5-6-7-8-9-10-11-12-13-14-15-16-34-24(33)20-19(23(31)32)25-17(21(27)28)18(26-20)22(29)30/h2-16H2,1H3,(H,27,28)(H,29,30)(H,31,32). The van der Waals surface area contributed by atoms with E-state index in [9.17, 15) is 24.3 Å². The van der Waals surface area contributed by atoms with Crippen molar-refractivity contribution in [1.82, 2.24) is 9.97 Å². The third-order valence-corrected chi connectivity index (χ3v) is 5.43. The highest BCUT2D eigenvalue weighted by atomic mass is 16.5. The maximum absolute atomic E-state index is 12.2. The Kier molecular flexibility index (Phi) is 14.1. The molecular weight excluding hydrogens is 444 g/mol. The van der Waals surface area contributed by atoms with Crippen LogP contribution in [0.3, 0.4) is 0 Å². The average molecular weight is 481 g/mol. The van der Waals surface area contributed by atoms with Gasteiger partial charge in [-0.05, 0) is 6.42 Å². The molecule has 0 fully saturated rings. The lowest BCUT2D eigenvalue weighted by molar-refractivity contribution is 0.0475. The molecule has 1 aromatic heterocycles. The van der Waals surface area contributed by atoms with Crippen molar-refractivity contribution < 1.29 is 39.2 Å². The topological polar surface area (TPSA) is 164 Å². The number of hydrogen-bond donors (Lipinski definition) is 3. The Labute approximate surface area is 199 Å². The number of carboxylic acids is 3. The molecule has 0 aromatic carbocycles. The van der Waals surface area contributed by atoms with Crippen molar-refractivity contribution >= 4 is 23.9 Å². The molecule has 0 aliphatic rings. The van der Waals surface area contributed by atoms with E-state index in [0.29, 0.717) is 6.42 Å². The van der Waals surface area contributed by atoms with Gasteiger partial charge < -0.3 is 20.1 Å². The molecule has 0 unspecified atom stereocenters. The minimum absolute atomic E-state index is 0.0146. The molecule has 1 rings (SSSR count). The average Bonchev–Trinajstić information content (AvgIpc) is 2.80. The fourth-order valence-corrected chi connectivity index (χ4v) is 3.55. The molecular formula is C24H36N2O8. The first-order valence-electron chi connectivity index (χ1n) is 12.1. The highest BCUT2D eigenvalue weighted by Crippen LogP contribution is 2.14. The Balaban J connectivity index is 2.31. The third kappa shape index (κ3) is 10.7. The van der Waals surface area contributed by atoms with Crippen LogP contribution in [0.4, 0.5) is 0 Å². The van der Waals surface area contributed by atoms with Crippen LogP contribution in [-0.4, -0.2) is 55.8 Å². The van der Waals surface area contributed by atoms with Gasteiger partial charge in [0.1, 0.15) is 0 Å². The minimum atomic E-state index is -1.77. The molecule has 10 nitrogen and oxygen atoms in total. The molecule has 0 spiro atoms. The van der Waals surface area contributed by atoms with Crippen LogP contribution in [0.15, 0.2) is 0 Å². The van der Waals surface area contributed by atoms with Gasteiger partial charge in [0.2, 0.25) is 0 Å². The van der Waals surface area contributed by atoms with Crippen LogP contribution in [0.25, 0.3) is 0 Å². The summed E-state index contributed by atoms with van der Waals surface area (Å²) in [4.78, 5) is 52.6. The normalized spacial score (nSPS) is 10.7. The van der Waals surface area contributed by atoms with Gasteiger partial charge in [-0.3, -0.25) is 0 Å². The number of rotatable bonds is 19. The van der Waals surface area contributed by atoms with Gasteiger partial charge in [-0.2, -0.15) is 0 Å². The van der Waals surface area contributed by atoms with Crippen LogP contribution in [0.1, 0.15) is 139 Å². The van der Waals surface area contributed by atoms with Crippen molar-refractivity contribution in [3.05, 3.63) is 22.8 Å². The highest BCUT2D eigenvalue weighted by molar-refractivity contribution is 6.04. The van der Waals surface area contributed by atoms with Crippen molar-refractivity contribution in [3.8, 4) is 0 Å². The summed E-state index contributed by atoms with van der Waals surface area (Å²) < 4.78 is 5.02. The number of aromatic carboxylic acids is 3. The SMILES string of the molecule is CCCCCCCCCCCCCCCCOC(=O)c1nc(C(=O)O)c(C(=O)O)nc1C(=O)O. The predicted molar refractivity (Wildman–Crippen MR) is 124 cm³/mol. The molecule has 0 bridgehead atoms. The van der Waals surface area contributed by atoms with Crippen LogP contribution < -0.4 is 0 Å². The summed E-state index contributed by atoms with van der Waals surface area (Å²) in [7, 11) is 0. The number of hydrogen-bond acceptors (Lipinski definition) is 7. The van der Waals surface area contributed by atoms with Crippen LogP contribution in [-0.2, 0) is 4.74 Å². The lowest BCUT2D eigenvalue weighted by Crippen LogP contribution is -2.23. The zero-order chi connectivity index (χ0) is 25.3. The van der Waals surface area contributed by atoms with Crippen molar-refractivity contribution in [2.75, 3.05) is 6.61 Å². The Morgan fingerprint density at radius 3 is 1.26 bits per heavy atom. The zero-order valence-electron chi connectivity index (χ0n) is 19.9. The fourth-order valence-electron chi connectivity index (χ4n) is 3.55. The van der Waals surface area contributed by atoms with E-state index in [-0.39, 0.29) is 6.61 Å². The van der Waals surface area contributed by atoms with Gasteiger partial charge in [0, 0.05) is 0 Å². The van der Waals surface area contributed by atoms with Crippen LogP contribution in [0.5, 0.6) is 0 Å². The molecule has 190 valence electrons. The number of ether oxygens (including phenoxy) is 1. The maximum atomic E-state index is 12.2. The van der Waals surface area contributed by atoms with Gasteiger partial charge in [0.25, 0.3) is 0 Å². The van der Waals surface area contributed by atoms with Gasteiger partial charge in [-0.1, -0.05) is 90.4 Å². The quantitative estimate of drug-likeness (QED) is 0.177. The van der Waals surface area contributed by atoms with E-state index in [0.717, 1.165) is 19.3 Å². The molecule has 0 amide bonds. The summed E-state index contributed by atoms with van der Waals surface area (Å²) in [5.41, 5.74) is -3.89. The number of unbranched alkanes of at least 4 members (excludes halogenated alkanes) is 13. The summed E-state index contributed by atoms with van der Waals surface area (Å²) >= 11 is 0. The first-order valence-corrected chi connectivity index (χ1v) is 12.1. The van der Waals surface area contributed by atoms with Crippen molar-refractivity contribution in [2.45, 2.75) is 96.8 Å². The molecule has 0 saturated heterocycles. The number of carbonyl (C=O) groups excluding carboxylic acids is 1. The summed E-state index contributed by atoms with van der Waals surface area (Å²) in [6, 6.07) is 0. The van der Waals surface area contributed by atoms with Crippen LogP contribution >= 0.6 is 0 Å². The van der Waals surface area contributed by atoms with E-state index >= 15 is 0 Å². The fraction of sp³-hybridized carbons (Fsp3) is 0.667.